The molecule has 2 rings (SSSR count). The molecule has 0 spiro atoms. The van der Waals surface area contributed by atoms with E-state index in [9.17, 15) is 4.79 Å². The molecule has 1 atom stereocenters. The second kappa shape index (κ2) is 6.27. The van der Waals surface area contributed by atoms with E-state index in [1.54, 1.807) is 7.11 Å². The number of nitrogens with two attached hydrogens (primary N) is 1. The van der Waals surface area contributed by atoms with Crippen LogP contribution in [0.4, 0.5) is 0 Å². The number of carbonyl (C=O) groups excluding carboxylic acids is 1. The first-order chi connectivity index (χ1) is 9.61. The van der Waals surface area contributed by atoms with Gasteiger partial charge in [-0.1, -0.05) is 25.0 Å². The Hall–Kier alpha value is -1.55. The van der Waals surface area contributed by atoms with E-state index in [1.807, 2.05) is 31.2 Å². The topological polar surface area (TPSA) is 64.3 Å². The molecule has 110 valence electrons. The molecule has 0 aromatic heterocycles. The van der Waals surface area contributed by atoms with E-state index < -0.39 is 0 Å². The summed E-state index contributed by atoms with van der Waals surface area (Å²) in [5, 5.41) is 3.11. The maximum absolute atomic E-state index is 12.5. The van der Waals surface area contributed by atoms with Crippen molar-refractivity contribution < 1.29 is 9.53 Å². The molecule has 1 aliphatic carbocycles. The molecule has 1 unspecified atom stereocenters. The van der Waals surface area contributed by atoms with E-state index in [4.69, 9.17) is 10.5 Å². The molecule has 3 N–H and O–H groups in total. The highest BCUT2D eigenvalue weighted by molar-refractivity contribution is 5.83. The maximum Gasteiger partial charge on any atom is 0.227 e. The fourth-order valence-electron chi connectivity index (χ4n) is 2.92. The molecular weight excluding hydrogens is 252 g/mol. The molecule has 0 heterocycles. The van der Waals surface area contributed by atoms with Gasteiger partial charge < -0.3 is 15.8 Å². The number of rotatable bonds is 5. The fraction of sp³-hybridized carbons (Fsp3) is 0.562. The van der Waals surface area contributed by atoms with E-state index in [0.717, 1.165) is 37.0 Å². The van der Waals surface area contributed by atoms with Crippen molar-refractivity contribution in [2.24, 2.45) is 11.1 Å². The van der Waals surface area contributed by atoms with E-state index in [1.165, 1.54) is 0 Å². The third kappa shape index (κ3) is 2.96. The van der Waals surface area contributed by atoms with Crippen LogP contribution in [0.1, 0.15) is 44.2 Å². The van der Waals surface area contributed by atoms with Crippen molar-refractivity contribution >= 4 is 5.91 Å². The highest BCUT2D eigenvalue weighted by Gasteiger charge is 2.40. The zero-order chi connectivity index (χ0) is 14.6. The van der Waals surface area contributed by atoms with Crippen LogP contribution in [0.5, 0.6) is 5.75 Å². The van der Waals surface area contributed by atoms with Crippen molar-refractivity contribution in [2.75, 3.05) is 13.7 Å². The van der Waals surface area contributed by atoms with Gasteiger partial charge >= 0.3 is 0 Å². The van der Waals surface area contributed by atoms with Crippen LogP contribution in [0.3, 0.4) is 0 Å². The van der Waals surface area contributed by atoms with E-state index in [0.29, 0.717) is 6.54 Å². The Bertz CT molecular complexity index is 467. The summed E-state index contributed by atoms with van der Waals surface area (Å²) >= 11 is 0. The van der Waals surface area contributed by atoms with Crippen molar-refractivity contribution in [2.45, 2.75) is 38.6 Å². The third-order valence-corrected chi connectivity index (χ3v) is 4.37. The average molecular weight is 276 g/mol. The van der Waals surface area contributed by atoms with Gasteiger partial charge in [0, 0.05) is 6.54 Å². The van der Waals surface area contributed by atoms with Gasteiger partial charge in [0.05, 0.1) is 18.6 Å². The fourth-order valence-corrected chi connectivity index (χ4v) is 2.92. The number of hydrogen-bond donors (Lipinski definition) is 2. The summed E-state index contributed by atoms with van der Waals surface area (Å²) in [7, 11) is 1.64. The van der Waals surface area contributed by atoms with Gasteiger partial charge in [0.25, 0.3) is 0 Å². The minimum atomic E-state index is -0.354. The number of hydrogen-bond acceptors (Lipinski definition) is 3. The van der Waals surface area contributed by atoms with Crippen LogP contribution in [0.15, 0.2) is 24.3 Å². The molecule has 20 heavy (non-hydrogen) atoms. The lowest BCUT2D eigenvalue weighted by Crippen LogP contribution is -2.44. The normalized spacial score (nSPS) is 18.6. The van der Waals surface area contributed by atoms with E-state index >= 15 is 0 Å². The molecule has 0 bridgehead atoms. The summed E-state index contributed by atoms with van der Waals surface area (Å²) in [4.78, 5) is 12.5. The van der Waals surface area contributed by atoms with Crippen LogP contribution in [0.2, 0.25) is 0 Å². The van der Waals surface area contributed by atoms with Crippen molar-refractivity contribution in [3.63, 3.8) is 0 Å². The largest absolute Gasteiger partial charge is 0.497 e. The Morgan fingerprint density at radius 2 is 2.15 bits per heavy atom. The minimum absolute atomic E-state index is 0.0402. The Kier molecular flexibility index (Phi) is 4.65. The lowest BCUT2D eigenvalue weighted by molar-refractivity contribution is -0.131. The molecule has 4 nitrogen and oxygen atoms in total. The van der Waals surface area contributed by atoms with Gasteiger partial charge in [-0.25, -0.2) is 0 Å². The highest BCUT2D eigenvalue weighted by Crippen LogP contribution is 2.37. The summed E-state index contributed by atoms with van der Waals surface area (Å²) in [6.45, 7) is 2.43. The Morgan fingerprint density at radius 1 is 1.45 bits per heavy atom. The van der Waals surface area contributed by atoms with Crippen LogP contribution in [-0.2, 0) is 4.79 Å². The van der Waals surface area contributed by atoms with Gasteiger partial charge in [0.1, 0.15) is 5.75 Å². The maximum atomic E-state index is 12.5. The van der Waals surface area contributed by atoms with Crippen molar-refractivity contribution in [1.82, 2.24) is 5.32 Å². The first-order valence-corrected chi connectivity index (χ1v) is 7.26. The van der Waals surface area contributed by atoms with Crippen LogP contribution in [0, 0.1) is 5.41 Å². The quantitative estimate of drug-likeness (QED) is 0.868. The third-order valence-electron chi connectivity index (χ3n) is 4.37. The average Bonchev–Trinajstić information content (AvgIpc) is 2.97. The number of carbonyl (C=O) groups is 1. The Labute approximate surface area is 120 Å². The molecule has 0 saturated heterocycles. The van der Waals surface area contributed by atoms with Crippen molar-refractivity contribution in [1.29, 1.82) is 0 Å². The van der Waals surface area contributed by atoms with Gasteiger partial charge in [-0.05, 0) is 37.5 Å². The molecule has 1 aliphatic rings. The number of methoxy groups -OCH3 is 1. The second-order valence-electron chi connectivity index (χ2n) is 5.66. The predicted octanol–water partition coefficient (Wildman–Crippen LogP) is 2.39. The summed E-state index contributed by atoms with van der Waals surface area (Å²) in [6.07, 6.45) is 4.00. The number of ether oxygens (including phenoxy) is 1. The summed E-state index contributed by atoms with van der Waals surface area (Å²) in [5.74, 6) is 0.894. The van der Waals surface area contributed by atoms with Crippen LogP contribution < -0.4 is 15.8 Å². The molecule has 4 heteroatoms. The lowest BCUT2D eigenvalue weighted by Gasteiger charge is -2.28. The molecule has 1 amide bonds. The zero-order valence-electron chi connectivity index (χ0n) is 12.3. The molecule has 1 saturated carbocycles. The van der Waals surface area contributed by atoms with Gasteiger partial charge in [-0.3, -0.25) is 4.79 Å². The molecule has 1 fully saturated rings. The van der Waals surface area contributed by atoms with E-state index in [-0.39, 0.29) is 17.4 Å². The first kappa shape index (κ1) is 14.9. The Balaban J connectivity index is 2.06. The van der Waals surface area contributed by atoms with Gasteiger partial charge in [-0.2, -0.15) is 0 Å². The highest BCUT2D eigenvalue weighted by atomic mass is 16.5. The van der Waals surface area contributed by atoms with Crippen molar-refractivity contribution in [3.8, 4) is 5.75 Å². The standard InChI is InChI=1S/C16H24N2O2/c1-12(13-6-5-7-14(10-13)20-2)18-15(19)16(11-17)8-3-4-9-16/h5-7,10,12H,3-4,8-9,11,17H2,1-2H3,(H,18,19). The zero-order valence-corrected chi connectivity index (χ0v) is 12.3. The van der Waals surface area contributed by atoms with Crippen LogP contribution in [-0.4, -0.2) is 19.6 Å². The number of benzene rings is 1. The smallest absolute Gasteiger partial charge is 0.227 e. The molecule has 0 radical (unpaired) electrons. The SMILES string of the molecule is COc1cccc(C(C)NC(=O)C2(CN)CCCC2)c1. The molecular formula is C16H24N2O2. The second-order valence-corrected chi connectivity index (χ2v) is 5.66. The molecule has 0 aliphatic heterocycles. The lowest BCUT2D eigenvalue weighted by atomic mass is 9.85. The Morgan fingerprint density at radius 3 is 2.75 bits per heavy atom. The van der Waals surface area contributed by atoms with Gasteiger partial charge in [0.15, 0.2) is 0 Å². The summed E-state index contributed by atoms with van der Waals surface area (Å²) < 4.78 is 5.22. The van der Waals surface area contributed by atoms with Gasteiger partial charge in [-0.15, -0.1) is 0 Å². The van der Waals surface area contributed by atoms with Crippen LogP contribution in [0.25, 0.3) is 0 Å². The van der Waals surface area contributed by atoms with Gasteiger partial charge in [0.2, 0.25) is 5.91 Å². The monoisotopic (exact) mass is 276 g/mol. The summed E-state index contributed by atoms with van der Waals surface area (Å²) in [6, 6.07) is 7.74. The summed E-state index contributed by atoms with van der Waals surface area (Å²) in [5.41, 5.74) is 6.54. The molecule has 1 aromatic rings. The minimum Gasteiger partial charge on any atom is -0.497 e. The number of nitrogens with one attached hydrogen (secondary N) is 1. The number of amides is 1. The molecule has 1 aromatic carbocycles. The first-order valence-electron chi connectivity index (χ1n) is 7.26. The van der Waals surface area contributed by atoms with E-state index in [2.05, 4.69) is 5.32 Å². The predicted molar refractivity (Wildman–Crippen MR) is 79.5 cm³/mol. The van der Waals surface area contributed by atoms with Crippen molar-refractivity contribution in [3.05, 3.63) is 29.8 Å². The van der Waals surface area contributed by atoms with Crippen LogP contribution >= 0.6 is 0 Å².